The predicted octanol–water partition coefficient (Wildman–Crippen LogP) is 3.88. The standard InChI is InChI=1S/C27H31N7O/c1-18-17-34(12-11-28-18)27-15-26(31-25-13-21(16-29-25)19-7-8-19)30-24(32-27)10-9-22-14-23(33-35-22)20-5-3-2-4-6-20/h2-6,13-15,18-19,28H,7-12,16-17H2,1H3,(H,29,30,31,32)/t18-/m1/s1. The number of nitrogens with zero attached hydrogens (tertiary/aromatic N) is 5. The van der Waals surface area contributed by atoms with Crippen LogP contribution in [0.1, 0.15) is 31.4 Å². The van der Waals surface area contributed by atoms with Crippen LogP contribution in [0.25, 0.3) is 11.3 Å². The van der Waals surface area contributed by atoms with Gasteiger partial charge in [0.1, 0.15) is 34.7 Å². The van der Waals surface area contributed by atoms with E-state index >= 15 is 0 Å². The van der Waals surface area contributed by atoms with Crippen molar-refractivity contribution in [1.82, 2.24) is 20.4 Å². The first-order valence-electron chi connectivity index (χ1n) is 12.6. The minimum Gasteiger partial charge on any atom is -0.361 e. The van der Waals surface area contributed by atoms with Crippen LogP contribution < -0.4 is 15.5 Å². The van der Waals surface area contributed by atoms with E-state index in [2.05, 4.69) is 44.7 Å². The average molecular weight is 470 g/mol. The Kier molecular flexibility index (Phi) is 6.04. The number of aromatic nitrogens is 3. The molecular formula is C27H31N7O. The molecule has 0 spiro atoms. The number of aryl methyl sites for hydroxylation is 2. The molecule has 2 fully saturated rings. The molecule has 1 aliphatic carbocycles. The molecule has 1 atom stereocenters. The van der Waals surface area contributed by atoms with Gasteiger partial charge in [0.2, 0.25) is 0 Å². The molecule has 3 aliphatic rings. The van der Waals surface area contributed by atoms with E-state index in [1.165, 1.54) is 18.4 Å². The van der Waals surface area contributed by atoms with Crippen LogP contribution in [0.4, 0.5) is 11.6 Å². The van der Waals surface area contributed by atoms with E-state index in [9.17, 15) is 0 Å². The summed E-state index contributed by atoms with van der Waals surface area (Å²) in [6.07, 6.45) is 6.15. The summed E-state index contributed by atoms with van der Waals surface area (Å²) in [7, 11) is 0. The van der Waals surface area contributed by atoms with E-state index in [0.29, 0.717) is 18.9 Å². The van der Waals surface area contributed by atoms with Crippen molar-refractivity contribution in [3.63, 3.8) is 0 Å². The molecule has 0 radical (unpaired) electrons. The zero-order valence-electron chi connectivity index (χ0n) is 20.1. The molecule has 35 heavy (non-hydrogen) atoms. The van der Waals surface area contributed by atoms with Crippen LogP contribution >= 0.6 is 0 Å². The van der Waals surface area contributed by atoms with Crippen LogP contribution in [-0.2, 0) is 12.8 Å². The second-order valence-corrected chi connectivity index (χ2v) is 9.69. The first kappa shape index (κ1) is 22.0. The van der Waals surface area contributed by atoms with Gasteiger partial charge in [-0.05, 0) is 37.3 Å². The first-order valence-corrected chi connectivity index (χ1v) is 12.6. The SMILES string of the molecule is C[C@@H]1CN(c2cc(NC3=NCC(C4CC4)=C3)nc(CCc3cc(-c4ccccc4)no3)n2)CCN1. The van der Waals surface area contributed by atoms with Gasteiger partial charge in [0.05, 0.1) is 6.54 Å². The summed E-state index contributed by atoms with van der Waals surface area (Å²) < 4.78 is 5.61. The number of rotatable bonds is 7. The van der Waals surface area contributed by atoms with Crippen LogP contribution in [0.2, 0.25) is 0 Å². The van der Waals surface area contributed by atoms with Gasteiger partial charge in [-0.3, -0.25) is 4.99 Å². The van der Waals surface area contributed by atoms with E-state index in [1.807, 2.05) is 36.4 Å². The second-order valence-electron chi connectivity index (χ2n) is 9.69. The van der Waals surface area contributed by atoms with Crippen molar-refractivity contribution >= 4 is 17.5 Å². The molecule has 180 valence electrons. The van der Waals surface area contributed by atoms with Gasteiger partial charge in [0.15, 0.2) is 0 Å². The van der Waals surface area contributed by atoms with Crippen molar-refractivity contribution < 1.29 is 4.52 Å². The van der Waals surface area contributed by atoms with Crippen molar-refractivity contribution in [2.45, 2.75) is 38.6 Å². The van der Waals surface area contributed by atoms with Crippen LogP contribution in [0, 0.1) is 5.92 Å². The summed E-state index contributed by atoms with van der Waals surface area (Å²) in [4.78, 5) is 16.8. The largest absolute Gasteiger partial charge is 0.361 e. The quantitative estimate of drug-likeness (QED) is 0.543. The van der Waals surface area contributed by atoms with Gasteiger partial charge in [-0.1, -0.05) is 35.5 Å². The average Bonchev–Trinajstić information content (AvgIpc) is 3.44. The maximum Gasteiger partial charge on any atom is 0.137 e. The lowest BCUT2D eigenvalue weighted by Gasteiger charge is -2.33. The molecular weight excluding hydrogens is 438 g/mol. The minimum atomic E-state index is 0.424. The lowest BCUT2D eigenvalue weighted by Crippen LogP contribution is -2.49. The summed E-state index contributed by atoms with van der Waals surface area (Å²) >= 11 is 0. The number of hydrogen-bond donors (Lipinski definition) is 2. The van der Waals surface area contributed by atoms with Gasteiger partial charge in [-0.25, -0.2) is 9.97 Å². The lowest BCUT2D eigenvalue weighted by molar-refractivity contribution is 0.384. The van der Waals surface area contributed by atoms with Gasteiger partial charge in [0.25, 0.3) is 0 Å². The van der Waals surface area contributed by atoms with E-state index in [0.717, 1.165) is 72.4 Å². The molecule has 1 saturated carbocycles. The van der Waals surface area contributed by atoms with E-state index < -0.39 is 0 Å². The lowest BCUT2D eigenvalue weighted by atomic mass is 10.1. The van der Waals surface area contributed by atoms with Crippen molar-refractivity contribution in [2.24, 2.45) is 10.9 Å². The molecule has 2 N–H and O–H groups in total. The summed E-state index contributed by atoms with van der Waals surface area (Å²) in [6.45, 7) is 5.81. The molecule has 4 heterocycles. The van der Waals surface area contributed by atoms with Gasteiger partial charge in [0, 0.05) is 56.2 Å². The van der Waals surface area contributed by atoms with Crippen molar-refractivity contribution in [1.29, 1.82) is 0 Å². The summed E-state index contributed by atoms with van der Waals surface area (Å²) in [5, 5.41) is 11.2. The zero-order valence-corrected chi connectivity index (χ0v) is 20.1. The number of aliphatic imine (C=N–C) groups is 1. The number of anilines is 2. The highest BCUT2D eigenvalue weighted by atomic mass is 16.5. The second kappa shape index (κ2) is 9.62. The Bertz CT molecular complexity index is 1250. The number of amidine groups is 1. The fraction of sp³-hybridized carbons (Fsp3) is 0.407. The number of nitrogens with one attached hydrogen (secondary N) is 2. The Hall–Kier alpha value is -3.52. The Morgan fingerprint density at radius 3 is 2.83 bits per heavy atom. The van der Waals surface area contributed by atoms with Crippen molar-refractivity contribution in [2.75, 3.05) is 36.4 Å². The Balaban J connectivity index is 1.20. The van der Waals surface area contributed by atoms with Crippen LogP contribution in [-0.4, -0.2) is 53.2 Å². The molecule has 0 bridgehead atoms. The molecule has 0 amide bonds. The molecule has 2 aliphatic heterocycles. The minimum absolute atomic E-state index is 0.424. The predicted molar refractivity (Wildman–Crippen MR) is 138 cm³/mol. The summed E-state index contributed by atoms with van der Waals surface area (Å²) in [5.41, 5.74) is 3.35. The molecule has 0 unspecified atom stereocenters. The first-order chi connectivity index (χ1) is 17.2. The van der Waals surface area contributed by atoms with Gasteiger partial charge in [-0.15, -0.1) is 0 Å². The Morgan fingerprint density at radius 1 is 1.11 bits per heavy atom. The number of benzene rings is 1. The maximum absolute atomic E-state index is 5.61. The van der Waals surface area contributed by atoms with Crippen molar-refractivity contribution in [3.05, 3.63) is 65.7 Å². The fourth-order valence-corrected chi connectivity index (χ4v) is 4.72. The smallest absolute Gasteiger partial charge is 0.137 e. The number of piperazine rings is 1. The summed E-state index contributed by atoms with van der Waals surface area (Å²) in [5.74, 6) is 5.02. The highest BCUT2D eigenvalue weighted by Crippen LogP contribution is 2.37. The third kappa shape index (κ3) is 5.27. The molecule has 2 aromatic heterocycles. The number of hydrogen-bond acceptors (Lipinski definition) is 8. The molecule has 8 heteroatoms. The topological polar surface area (TPSA) is 91.5 Å². The normalized spacial score (nSPS) is 20.0. The van der Waals surface area contributed by atoms with Crippen LogP contribution in [0.15, 0.2) is 63.6 Å². The molecule has 3 aromatic rings. The van der Waals surface area contributed by atoms with Crippen LogP contribution in [0.3, 0.4) is 0 Å². The van der Waals surface area contributed by atoms with E-state index in [-0.39, 0.29) is 0 Å². The fourth-order valence-electron chi connectivity index (χ4n) is 4.72. The zero-order chi connectivity index (χ0) is 23.6. The third-order valence-electron chi connectivity index (χ3n) is 6.79. The van der Waals surface area contributed by atoms with Crippen LogP contribution in [0.5, 0.6) is 0 Å². The molecule has 1 saturated heterocycles. The molecule has 8 nitrogen and oxygen atoms in total. The molecule has 6 rings (SSSR count). The summed E-state index contributed by atoms with van der Waals surface area (Å²) in [6, 6.07) is 14.6. The van der Waals surface area contributed by atoms with E-state index in [4.69, 9.17) is 14.5 Å². The van der Waals surface area contributed by atoms with Gasteiger partial charge in [-0.2, -0.15) is 0 Å². The van der Waals surface area contributed by atoms with Crippen molar-refractivity contribution in [3.8, 4) is 11.3 Å². The highest BCUT2D eigenvalue weighted by Gasteiger charge is 2.28. The molecule has 1 aromatic carbocycles. The highest BCUT2D eigenvalue weighted by molar-refractivity contribution is 6.05. The monoisotopic (exact) mass is 469 g/mol. The third-order valence-corrected chi connectivity index (χ3v) is 6.79. The van der Waals surface area contributed by atoms with Gasteiger partial charge < -0.3 is 20.1 Å². The maximum atomic E-state index is 5.61. The van der Waals surface area contributed by atoms with Gasteiger partial charge >= 0.3 is 0 Å². The Labute approximate surface area is 205 Å². The van der Waals surface area contributed by atoms with E-state index in [1.54, 1.807) is 0 Å². The Morgan fingerprint density at radius 2 is 2.00 bits per heavy atom.